The number of fused-ring (bicyclic) bond motifs is 3. The summed E-state index contributed by atoms with van der Waals surface area (Å²) in [7, 11) is 1.82. The van der Waals surface area contributed by atoms with Crippen LogP contribution in [-0.2, 0) is 9.53 Å². The Labute approximate surface area is 284 Å². The van der Waals surface area contributed by atoms with Crippen LogP contribution >= 0.6 is 23.5 Å². The van der Waals surface area contributed by atoms with Gasteiger partial charge in [-0.25, -0.2) is 9.10 Å². The van der Waals surface area contributed by atoms with Gasteiger partial charge in [-0.1, -0.05) is 66.2 Å². The molecule has 1 aliphatic carbocycles. The van der Waals surface area contributed by atoms with Gasteiger partial charge in [-0.3, -0.25) is 4.79 Å². The SMILES string of the molecule is Cc1cc(C=N)c(N)c(SN(C)CC(=O)Nc2ccc(C3CCN(C(=O)OCC4c5ccccc5-c5ccccc54)CC3)c(Cl)c2)c1. The number of ether oxygens (including phenoxy) is 1. The van der Waals surface area contributed by atoms with Crippen molar-refractivity contribution in [2.24, 2.45) is 0 Å². The summed E-state index contributed by atoms with van der Waals surface area (Å²) in [4.78, 5) is 28.5. The summed E-state index contributed by atoms with van der Waals surface area (Å²) in [6.45, 7) is 3.57. The van der Waals surface area contributed by atoms with Crippen molar-refractivity contribution in [3.8, 4) is 11.1 Å². The molecule has 242 valence electrons. The molecule has 0 spiro atoms. The van der Waals surface area contributed by atoms with Gasteiger partial charge < -0.3 is 26.1 Å². The number of nitrogen functional groups attached to an aromatic ring is 1. The lowest BCUT2D eigenvalue weighted by Crippen LogP contribution is -2.38. The monoisotopic (exact) mass is 667 g/mol. The number of anilines is 2. The molecule has 8 nitrogen and oxygen atoms in total. The van der Waals surface area contributed by atoms with Crippen molar-refractivity contribution in [3.63, 3.8) is 0 Å². The Balaban J connectivity index is 0.991. The summed E-state index contributed by atoms with van der Waals surface area (Å²) in [5, 5.41) is 11.1. The topological polar surface area (TPSA) is 112 Å². The molecule has 0 radical (unpaired) electrons. The molecular formula is C37H38ClN5O3S. The molecule has 1 aliphatic heterocycles. The zero-order valence-corrected chi connectivity index (χ0v) is 28.0. The first-order valence-electron chi connectivity index (χ1n) is 15.7. The fraction of sp³-hybridized carbons (Fsp3) is 0.270. The minimum Gasteiger partial charge on any atom is -0.448 e. The van der Waals surface area contributed by atoms with Crippen molar-refractivity contribution < 1.29 is 14.3 Å². The fourth-order valence-electron chi connectivity index (χ4n) is 6.58. The minimum absolute atomic E-state index is 0.0360. The van der Waals surface area contributed by atoms with Crippen molar-refractivity contribution in [1.82, 2.24) is 9.21 Å². The van der Waals surface area contributed by atoms with E-state index in [9.17, 15) is 9.59 Å². The number of nitrogens with one attached hydrogen (secondary N) is 2. The predicted octanol–water partition coefficient (Wildman–Crippen LogP) is 7.93. The van der Waals surface area contributed by atoms with Gasteiger partial charge in [0.25, 0.3) is 0 Å². The van der Waals surface area contributed by atoms with Crippen LogP contribution in [0.5, 0.6) is 0 Å². The summed E-state index contributed by atoms with van der Waals surface area (Å²) in [6, 6.07) is 26.1. The minimum atomic E-state index is -0.280. The quantitative estimate of drug-likeness (QED) is 0.0950. The number of likely N-dealkylation sites (N-methyl/N-ethyl adjacent to an activating group) is 1. The zero-order valence-electron chi connectivity index (χ0n) is 26.5. The van der Waals surface area contributed by atoms with Gasteiger partial charge in [0.05, 0.1) is 12.2 Å². The molecule has 0 atom stereocenters. The van der Waals surface area contributed by atoms with E-state index in [1.54, 1.807) is 15.3 Å². The zero-order chi connectivity index (χ0) is 33.1. The lowest BCUT2D eigenvalue weighted by Gasteiger charge is -2.32. The number of amides is 2. The van der Waals surface area contributed by atoms with Gasteiger partial charge in [0.2, 0.25) is 5.91 Å². The van der Waals surface area contributed by atoms with E-state index >= 15 is 0 Å². The number of piperidine rings is 1. The highest BCUT2D eigenvalue weighted by Crippen LogP contribution is 2.44. The highest BCUT2D eigenvalue weighted by molar-refractivity contribution is 7.97. The van der Waals surface area contributed by atoms with E-state index in [1.807, 2.05) is 62.5 Å². The number of nitrogens with two attached hydrogens (primary N) is 1. The third-order valence-corrected chi connectivity index (χ3v) is 10.2. The summed E-state index contributed by atoms with van der Waals surface area (Å²) < 4.78 is 7.68. The fourth-order valence-corrected chi connectivity index (χ4v) is 7.89. The van der Waals surface area contributed by atoms with Crippen LogP contribution in [0.3, 0.4) is 0 Å². The van der Waals surface area contributed by atoms with Crippen LogP contribution in [0.15, 0.2) is 83.8 Å². The highest BCUT2D eigenvalue weighted by atomic mass is 35.5. The maximum atomic E-state index is 13.1. The Morgan fingerprint density at radius 3 is 2.32 bits per heavy atom. The molecule has 4 aromatic rings. The van der Waals surface area contributed by atoms with Crippen LogP contribution in [0.25, 0.3) is 11.1 Å². The van der Waals surface area contributed by atoms with Crippen molar-refractivity contribution in [1.29, 1.82) is 5.41 Å². The molecule has 4 N–H and O–H groups in total. The summed E-state index contributed by atoms with van der Waals surface area (Å²) in [5.74, 6) is 0.0608. The lowest BCUT2D eigenvalue weighted by atomic mass is 9.89. The van der Waals surface area contributed by atoms with Crippen LogP contribution in [-0.4, -0.2) is 60.7 Å². The van der Waals surface area contributed by atoms with Crippen LogP contribution in [0.2, 0.25) is 5.02 Å². The number of benzene rings is 4. The number of likely N-dealkylation sites (tertiary alicyclic amines) is 1. The van der Waals surface area contributed by atoms with Crippen LogP contribution < -0.4 is 11.1 Å². The summed E-state index contributed by atoms with van der Waals surface area (Å²) in [6.07, 6.45) is 2.51. The predicted molar refractivity (Wildman–Crippen MR) is 191 cm³/mol. The number of hydrogen-bond acceptors (Lipinski definition) is 7. The standard InChI is InChI=1S/C37H38ClN5O3S/c1-23-17-25(20-39)36(40)34(18-23)47-42(2)21-35(44)41-26-11-12-27(33(38)19-26)24-13-15-43(16-14-24)37(45)46-22-32-30-9-5-3-7-28(30)29-8-4-6-10-31(29)32/h3-12,17-20,24,32,39H,13-16,21-22,40H2,1-2H3,(H,41,44). The van der Waals surface area contributed by atoms with E-state index in [2.05, 4.69) is 29.6 Å². The molecule has 1 saturated heterocycles. The largest absolute Gasteiger partial charge is 0.448 e. The van der Waals surface area contributed by atoms with Gasteiger partial charge >= 0.3 is 6.09 Å². The Morgan fingerprint density at radius 1 is 1.02 bits per heavy atom. The number of hydrogen-bond donors (Lipinski definition) is 3. The third kappa shape index (κ3) is 7.17. The normalized spacial score (nSPS) is 14.5. The Kier molecular flexibility index (Phi) is 9.87. The molecule has 47 heavy (non-hydrogen) atoms. The van der Waals surface area contributed by atoms with Crippen molar-refractivity contribution in [2.45, 2.75) is 36.5 Å². The van der Waals surface area contributed by atoms with E-state index in [4.69, 9.17) is 27.5 Å². The van der Waals surface area contributed by atoms with E-state index in [0.717, 1.165) is 28.9 Å². The van der Waals surface area contributed by atoms with Gasteiger partial charge in [-0.2, -0.15) is 0 Å². The van der Waals surface area contributed by atoms with E-state index in [-0.39, 0.29) is 30.4 Å². The smallest absolute Gasteiger partial charge is 0.409 e. The average Bonchev–Trinajstić information content (AvgIpc) is 3.38. The molecule has 1 heterocycles. The molecular weight excluding hydrogens is 630 g/mol. The molecule has 2 aliphatic rings. The average molecular weight is 668 g/mol. The number of carbonyl (C=O) groups excluding carboxylic acids is 2. The van der Waals surface area contributed by atoms with Gasteiger partial charge in [0.15, 0.2) is 0 Å². The van der Waals surface area contributed by atoms with Crippen LogP contribution in [0, 0.1) is 12.3 Å². The van der Waals surface area contributed by atoms with Gasteiger partial charge in [-0.05, 0) is 102 Å². The molecule has 0 bridgehead atoms. The third-order valence-electron chi connectivity index (χ3n) is 8.91. The molecule has 0 unspecified atom stereocenters. The first kappa shape index (κ1) is 32.6. The van der Waals surface area contributed by atoms with Crippen molar-refractivity contribution in [3.05, 3.63) is 112 Å². The second-order valence-electron chi connectivity index (χ2n) is 12.1. The van der Waals surface area contributed by atoms with E-state index in [1.165, 1.54) is 40.4 Å². The number of nitrogens with zero attached hydrogens (tertiary/aromatic N) is 2. The number of aryl methyl sites for hydroxylation is 1. The Bertz CT molecular complexity index is 1780. The molecule has 2 amide bonds. The Hall–Kier alpha value is -4.31. The summed E-state index contributed by atoms with van der Waals surface area (Å²) >= 11 is 8.09. The number of halogens is 1. The first-order valence-corrected chi connectivity index (χ1v) is 16.9. The van der Waals surface area contributed by atoms with Gasteiger partial charge in [-0.15, -0.1) is 0 Å². The number of carbonyl (C=O) groups is 2. The first-order chi connectivity index (χ1) is 22.7. The second kappa shape index (κ2) is 14.2. The highest BCUT2D eigenvalue weighted by Gasteiger charge is 2.31. The van der Waals surface area contributed by atoms with Crippen molar-refractivity contribution >= 4 is 53.1 Å². The van der Waals surface area contributed by atoms with Crippen LogP contribution in [0.4, 0.5) is 16.2 Å². The lowest BCUT2D eigenvalue weighted by molar-refractivity contribution is -0.116. The van der Waals surface area contributed by atoms with Gasteiger partial charge in [0, 0.05) is 46.4 Å². The van der Waals surface area contributed by atoms with E-state index in [0.29, 0.717) is 41.7 Å². The second-order valence-corrected chi connectivity index (χ2v) is 13.8. The molecule has 10 heteroatoms. The van der Waals surface area contributed by atoms with E-state index < -0.39 is 0 Å². The molecule has 6 rings (SSSR count). The maximum Gasteiger partial charge on any atom is 0.409 e. The van der Waals surface area contributed by atoms with Crippen LogP contribution in [0.1, 0.15) is 52.5 Å². The maximum absolute atomic E-state index is 13.1. The Morgan fingerprint density at radius 2 is 1.68 bits per heavy atom. The molecule has 0 aromatic heterocycles. The molecule has 1 fully saturated rings. The van der Waals surface area contributed by atoms with Gasteiger partial charge in [0.1, 0.15) is 6.61 Å². The summed E-state index contributed by atoms with van der Waals surface area (Å²) in [5.41, 5.74) is 14.8. The molecule has 0 saturated carbocycles. The molecule has 4 aromatic carbocycles. The number of rotatable bonds is 9. The van der Waals surface area contributed by atoms with Crippen molar-refractivity contribution in [2.75, 3.05) is 44.3 Å².